The van der Waals surface area contributed by atoms with Crippen LogP contribution in [-0.2, 0) is 10.3 Å². The van der Waals surface area contributed by atoms with Crippen LogP contribution in [0.3, 0.4) is 0 Å². The van der Waals surface area contributed by atoms with Gasteiger partial charge < -0.3 is 15.6 Å². The topological polar surface area (TPSA) is 110 Å². The van der Waals surface area contributed by atoms with Gasteiger partial charge in [-0.2, -0.15) is 0 Å². The summed E-state index contributed by atoms with van der Waals surface area (Å²) in [5, 5.41) is 8.28. The molecule has 2 heterocycles. The molecule has 0 aromatic carbocycles. The van der Waals surface area contributed by atoms with E-state index >= 15 is 0 Å². The summed E-state index contributed by atoms with van der Waals surface area (Å²) < 4.78 is 4.73. The van der Waals surface area contributed by atoms with Crippen molar-refractivity contribution >= 4 is 24.3 Å². The predicted octanol–water partition coefficient (Wildman–Crippen LogP) is -0.602. The smallest absolute Gasteiger partial charge is 0.322 e. The predicted molar refractivity (Wildman–Crippen MR) is 55.9 cm³/mol. The van der Waals surface area contributed by atoms with E-state index in [1.807, 2.05) is 0 Å². The molecule has 0 radical (unpaired) electrons. The van der Waals surface area contributed by atoms with Crippen molar-refractivity contribution in [3.63, 3.8) is 0 Å². The number of halogens is 1. The van der Waals surface area contributed by atoms with E-state index in [4.69, 9.17) is 10.3 Å². The number of imide groups is 1. The molecule has 4 N–H and O–H groups in total. The first-order valence-corrected chi connectivity index (χ1v) is 4.35. The Morgan fingerprint density at radius 3 is 2.62 bits per heavy atom. The highest BCUT2D eigenvalue weighted by Crippen LogP contribution is 2.25. The van der Waals surface area contributed by atoms with E-state index < -0.39 is 17.5 Å². The molecule has 0 spiro atoms. The van der Waals surface area contributed by atoms with Crippen LogP contribution >= 0.6 is 12.4 Å². The normalized spacial score (nSPS) is 23.6. The van der Waals surface area contributed by atoms with Crippen molar-refractivity contribution in [2.75, 3.05) is 6.54 Å². The molecule has 1 aliphatic rings. The van der Waals surface area contributed by atoms with Crippen molar-refractivity contribution in [1.82, 2.24) is 15.8 Å². The molecule has 88 valence electrons. The molecule has 0 unspecified atom stereocenters. The third-order valence-electron chi connectivity index (χ3n) is 2.40. The number of amides is 3. The first-order chi connectivity index (χ1) is 7.10. The summed E-state index contributed by atoms with van der Waals surface area (Å²) >= 11 is 0. The second-order valence-electron chi connectivity index (χ2n) is 3.36. The number of aromatic nitrogens is 1. The lowest BCUT2D eigenvalue weighted by molar-refractivity contribution is -0.124. The maximum Gasteiger partial charge on any atom is 0.322 e. The molecule has 1 fully saturated rings. The molecule has 1 atom stereocenters. The zero-order chi connectivity index (χ0) is 11.1. The number of aryl methyl sites for hydroxylation is 1. The van der Waals surface area contributed by atoms with Gasteiger partial charge >= 0.3 is 6.03 Å². The van der Waals surface area contributed by atoms with Crippen LogP contribution < -0.4 is 16.4 Å². The van der Waals surface area contributed by atoms with E-state index in [0.717, 1.165) is 0 Å². The number of carbonyl (C=O) groups excluding carboxylic acids is 2. The van der Waals surface area contributed by atoms with Gasteiger partial charge in [0.1, 0.15) is 12.0 Å². The SMILES string of the molecule is Cc1conc1[C@@]1(CN)NC(=O)NC1=O.Cl. The molecule has 1 aromatic heterocycles. The molecule has 7 nitrogen and oxygen atoms in total. The lowest BCUT2D eigenvalue weighted by Gasteiger charge is -2.21. The van der Waals surface area contributed by atoms with E-state index in [9.17, 15) is 9.59 Å². The van der Waals surface area contributed by atoms with Crippen molar-refractivity contribution < 1.29 is 14.1 Å². The van der Waals surface area contributed by atoms with Gasteiger partial charge in [-0.3, -0.25) is 10.1 Å². The van der Waals surface area contributed by atoms with Gasteiger partial charge in [-0.1, -0.05) is 5.16 Å². The maximum absolute atomic E-state index is 11.6. The number of rotatable bonds is 2. The van der Waals surface area contributed by atoms with Crippen LogP contribution in [-0.4, -0.2) is 23.6 Å². The molecule has 0 saturated carbocycles. The van der Waals surface area contributed by atoms with E-state index in [1.54, 1.807) is 6.92 Å². The minimum absolute atomic E-state index is 0. The summed E-state index contributed by atoms with van der Waals surface area (Å²) in [5.41, 5.74) is 5.23. The van der Waals surface area contributed by atoms with Crippen LogP contribution in [0.2, 0.25) is 0 Å². The minimum atomic E-state index is -1.30. The highest BCUT2D eigenvalue weighted by atomic mass is 35.5. The van der Waals surface area contributed by atoms with Gasteiger partial charge in [-0.05, 0) is 6.92 Å². The van der Waals surface area contributed by atoms with Crippen LogP contribution in [0.25, 0.3) is 0 Å². The third-order valence-corrected chi connectivity index (χ3v) is 2.40. The number of carbonyl (C=O) groups is 2. The van der Waals surface area contributed by atoms with Gasteiger partial charge in [0.15, 0.2) is 5.54 Å². The number of nitrogens with two attached hydrogens (primary N) is 1. The lowest BCUT2D eigenvalue weighted by Crippen LogP contribution is -2.50. The zero-order valence-electron chi connectivity index (χ0n) is 8.44. The van der Waals surface area contributed by atoms with Crippen LogP contribution in [0.4, 0.5) is 4.79 Å². The fraction of sp³-hybridized carbons (Fsp3) is 0.375. The molecule has 0 bridgehead atoms. The van der Waals surface area contributed by atoms with Gasteiger partial charge in [0.25, 0.3) is 5.91 Å². The van der Waals surface area contributed by atoms with E-state index in [0.29, 0.717) is 11.3 Å². The van der Waals surface area contributed by atoms with Gasteiger partial charge in [0.05, 0.1) is 0 Å². The van der Waals surface area contributed by atoms with E-state index in [2.05, 4.69) is 15.8 Å². The Kier molecular flexibility index (Phi) is 3.20. The van der Waals surface area contributed by atoms with E-state index in [-0.39, 0.29) is 19.0 Å². The summed E-state index contributed by atoms with van der Waals surface area (Å²) in [6.45, 7) is 1.65. The summed E-state index contributed by atoms with van der Waals surface area (Å²) in [6, 6.07) is -0.576. The number of hydrogen-bond donors (Lipinski definition) is 3. The second kappa shape index (κ2) is 4.11. The second-order valence-corrected chi connectivity index (χ2v) is 3.36. The highest BCUT2D eigenvalue weighted by Gasteiger charge is 2.49. The molecular weight excluding hydrogens is 236 g/mol. The number of hydrogen-bond acceptors (Lipinski definition) is 5. The number of nitrogens with zero attached hydrogens (tertiary/aromatic N) is 1. The van der Waals surface area contributed by atoms with Crippen LogP contribution in [0, 0.1) is 6.92 Å². The highest BCUT2D eigenvalue weighted by molar-refractivity contribution is 6.07. The van der Waals surface area contributed by atoms with Crippen molar-refractivity contribution in [3.05, 3.63) is 17.5 Å². The fourth-order valence-corrected chi connectivity index (χ4v) is 1.60. The van der Waals surface area contributed by atoms with Crippen molar-refractivity contribution in [2.24, 2.45) is 5.73 Å². The summed E-state index contributed by atoms with van der Waals surface area (Å²) in [4.78, 5) is 22.7. The summed E-state index contributed by atoms with van der Waals surface area (Å²) in [5.74, 6) is -0.507. The number of nitrogens with one attached hydrogen (secondary N) is 2. The Hall–Kier alpha value is -1.60. The fourth-order valence-electron chi connectivity index (χ4n) is 1.60. The first kappa shape index (κ1) is 12.5. The average molecular weight is 247 g/mol. The van der Waals surface area contributed by atoms with Gasteiger partial charge in [-0.15, -0.1) is 12.4 Å². The molecule has 0 aliphatic carbocycles. The van der Waals surface area contributed by atoms with Crippen molar-refractivity contribution in [3.8, 4) is 0 Å². The molecule has 2 rings (SSSR count). The summed E-state index contributed by atoms with van der Waals surface area (Å²) in [6.07, 6.45) is 1.39. The molecule has 1 aromatic rings. The summed E-state index contributed by atoms with van der Waals surface area (Å²) in [7, 11) is 0. The molecular formula is C8H11ClN4O3. The largest absolute Gasteiger partial charge is 0.364 e. The zero-order valence-corrected chi connectivity index (χ0v) is 9.26. The maximum atomic E-state index is 11.6. The monoisotopic (exact) mass is 246 g/mol. The van der Waals surface area contributed by atoms with Gasteiger partial charge in [0.2, 0.25) is 0 Å². The lowest BCUT2D eigenvalue weighted by atomic mass is 9.93. The Balaban J connectivity index is 0.00000128. The Morgan fingerprint density at radius 2 is 2.25 bits per heavy atom. The Morgan fingerprint density at radius 1 is 1.56 bits per heavy atom. The minimum Gasteiger partial charge on any atom is -0.364 e. The Bertz CT molecular complexity index is 433. The van der Waals surface area contributed by atoms with Crippen molar-refractivity contribution in [2.45, 2.75) is 12.5 Å². The first-order valence-electron chi connectivity index (χ1n) is 4.35. The van der Waals surface area contributed by atoms with Crippen LogP contribution in [0.15, 0.2) is 10.8 Å². The van der Waals surface area contributed by atoms with E-state index in [1.165, 1.54) is 6.26 Å². The van der Waals surface area contributed by atoms with Crippen LogP contribution in [0.5, 0.6) is 0 Å². The van der Waals surface area contributed by atoms with Gasteiger partial charge in [0, 0.05) is 12.1 Å². The molecule has 1 saturated heterocycles. The number of urea groups is 1. The quantitative estimate of drug-likeness (QED) is 0.604. The average Bonchev–Trinajstić information content (AvgIpc) is 2.71. The molecule has 8 heteroatoms. The standard InChI is InChI=1S/C8H10N4O3.ClH/c1-4-2-15-12-5(4)8(3-9)6(13)10-7(14)11-8;/h2H,3,9H2,1H3,(H2,10,11,13,14);1H/t8-;/m1./s1. The molecule has 16 heavy (non-hydrogen) atoms. The molecule has 3 amide bonds. The molecule has 1 aliphatic heterocycles. The third kappa shape index (κ3) is 1.54. The van der Waals surface area contributed by atoms with Crippen LogP contribution in [0.1, 0.15) is 11.3 Å². The van der Waals surface area contributed by atoms with Crippen molar-refractivity contribution in [1.29, 1.82) is 0 Å². The van der Waals surface area contributed by atoms with Gasteiger partial charge in [-0.25, -0.2) is 4.79 Å². The Labute approximate surface area is 97.1 Å².